The number of hydrogen-bond acceptors (Lipinski definition) is 3. The van der Waals surface area contributed by atoms with E-state index < -0.39 is 5.97 Å². The molecule has 1 aromatic carbocycles. The molecule has 0 aliphatic carbocycles. The fourth-order valence-electron chi connectivity index (χ4n) is 1.93. The summed E-state index contributed by atoms with van der Waals surface area (Å²) in [6.07, 6.45) is 2.57. The zero-order chi connectivity index (χ0) is 14.7. The fraction of sp³-hybridized carbons (Fsp3) is 0.200. The van der Waals surface area contributed by atoms with Crippen LogP contribution < -0.4 is 4.90 Å². The van der Waals surface area contributed by atoms with Gasteiger partial charge in [-0.25, -0.2) is 9.78 Å². The first-order valence-electron chi connectivity index (χ1n) is 6.24. The molecule has 0 saturated carbocycles. The van der Waals surface area contributed by atoms with E-state index in [4.69, 9.17) is 0 Å². The van der Waals surface area contributed by atoms with Crippen LogP contribution in [0.3, 0.4) is 0 Å². The Hall–Kier alpha value is -1.88. The molecule has 0 amide bonds. The van der Waals surface area contributed by atoms with Crippen molar-refractivity contribution in [3.63, 3.8) is 0 Å². The van der Waals surface area contributed by atoms with Gasteiger partial charge in [0.2, 0.25) is 0 Å². The maximum absolute atomic E-state index is 11.3. The number of halogens is 1. The predicted octanol–water partition coefficient (Wildman–Crippen LogP) is 3.87. The average Bonchev–Trinajstić information content (AvgIpc) is 2.46. The van der Waals surface area contributed by atoms with E-state index in [2.05, 4.69) is 27.8 Å². The molecule has 104 valence electrons. The quantitative estimate of drug-likeness (QED) is 0.921. The Morgan fingerprint density at radius 3 is 2.55 bits per heavy atom. The van der Waals surface area contributed by atoms with Crippen molar-refractivity contribution in [2.45, 2.75) is 13.3 Å². The Kier molecular flexibility index (Phi) is 4.39. The highest BCUT2D eigenvalue weighted by Crippen LogP contribution is 2.27. The molecule has 0 spiro atoms. The first kappa shape index (κ1) is 14.5. The first-order valence-corrected chi connectivity index (χ1v) is 7.03. The van der Waals surface area contributed by atoms with E-state index in [1.165, 1.54) is 5.56 Å². The second-order valence-electron chi connectivity index (χ2n) is 4.41. The Morgan fingerprint density at radius 1 is 1.35 bits per heavy atom. The minimum Gasteiger partial charge on any atom is -0.478 e. The number of benzene rings is 1. The Morgan fingerprint density at radius 2 is 2.00 bits per heavy atom. The standard InChI is InChI=1S/C15H15BrN2O2/c1-3-10-4-6-12(7-5-10)18(2)14-13(15(19)20)8-11(16)9-17-14/h4-9H,3H2,1-2H3,(H,19,20). The molecule has 1 heterocycles. The molecule has 0 aliphatic heterocycles. The lowest BCUT2D eigenvalue weighted by atomic mass is 10.1. The number of aromatic carboxylic acids is 1. The summed E-state index contributed by atoms with van der Waals surface area (Å²) in [5.41, 5.74) is 2.31. The zero-order valence-corrected chi connectivity index (χ0v) is 12.9. The zero-order valence-electron chi connectivity index (χ0n) is 11.3. The number of carbonyl (C=O) groups is 1. The number of rotatable bonds is 4. The van der Waals surface area contributed by atoms with Gasteiger partial charge in [-0.1, -0.05) is 19.1 Å². The second-order valence-corrected chi connectivity index (χ2v) is 5.32. The van der Waals surface area contributed by atoms with E-state index in [0.29, 0.717) is 10.3 Å². The van der Waals surface area contributed by atoms with E-state index in [1.54, 1.807) is 17.2 Å². The highest BCUT2D eigenvalue weighted by molar-refractivity contribution is 9.10. The molecule has 0 fully saturated rings. The SMILES string of the molecule is CCc1ccc(N(C)c2ncc(Br)cc2C(=O)O)cc1. The summed E-state index contributed by atoms with van der Waals surface area (Å²) in [6.45, 7) is 2.09. The summed E-state index contributed by atoms with van der Waals surface area (Å²) >= 11 is 3.24. The first-order chi connectivity index (χ1) is 9.52. The van der Waals surface area contributed by atoms with Gasteiger partial charge in [-0.15, -0.1) is 0 Å². The van der Waals surface area contributed by atoms with Crippen LogP contribution in [0, 0.1) is 0 Å². The number of carboxylic acid groups (broad SMARTS) is 1. The average molecular weight is 335 g/mol. The normalized spacial score (nSPS) is 10.3. The van der Waals surface area contributed by atoms with E-state index in [-0.39, 0.29) is 5.56 Å². The minimum absolute atomic E-state index is 0.168. The van der Waals surface area contributed by atoms with Crippen molar-refractivity contribution >= 4 is 33.4 Å². The number of pyridine rings is 1. The van der Waals surface area contributed by atoms with Crippen molar-refractivity contribution in [1.82, 2.24) is 4.98 Å². The van der Waals surface area contributed by atoms with Gasteiger partial charge in [0, 0.05) is 23.4 Å². The third kappa shape index (κ3) is 2.99. The molecule has 20 heavy (non-hydrogen) atoms. The van der Waals surface area contributed by atoms with Crippen LogP contribution in [-0.2, 0) is 6.42 Å². The van der Waals surface area contributed by atoms with Gasteiger partial charge in [0.15, 0.2) is 0 Å². The van der Waals surface area contributed by atoms with Gasteiger partial charge >= 0.3 is 5.97 Å². The van der Waals surface area contributed by atoms with Gasteiger partial charge in [-0.05, 0) is 46.1 Å². The van der Waals surface area contributed by atoms with Crippen LogP contribution in [0.1, 0.15) is 22.8 Å². The highest BCUT2D eigenvalue weighted by atomic mass is 79.9. The lowest BCUT2D eigenvalue weighted by molar-refractivity contribution is 0.0697. The molecule has 0 unspecified atom stereocenters. The second kappa shape index (κ2) is 6.05. The molecule has 0 bridgehead atoms. The summed E-state index contributed by atoms with van der Waals surface area (Å²) in [5.74, 6) is -0.573. The lowest BCUT2D eigenvalue weighted by Gasteiger charge is -2.20. The fourth-order valence-corrected chi connectivity index (χ4v) is 2.27. The van der Waals surface area contributed by atoms with Crippen molar-refractivity contribution in [2.24, 2.45) is 0 Å². The monoisotopic (exact) mass is 334 g/mol. The number of aromatic nitrogens is 1. The predicted molar refractivity (Wildman–Crippen MR) is 82.8 cm³/mol. The van der Waals surface area contributed by atoms with Crippen molar-refractivity contribution in [1.29, 1.82) is 0 Å². The third-order valence-corrected chi connectivity index (χ3v) is 3.55. The lowest BCUT2D eigenvalue weighted by Crippen LogP contribution is -2.15. The summed E-state index contributed by atoms with van der Waals surface area (Å²) in [4.78, 5) is 17.3. The van der Waals surface area contributed by atoms with Gasteiger partial charge in [0.1, 0.15) is 11.4 Å². The maximum atomic E-state index is 11.3. The Bertz CT molecular complexity index is 626. The smallest absolute Gasteiger partial charge is 0.339 e. The molecule has 2 rings (SSSR count). The van der Waals surface area contributed by atoms with E-state index in [9.17, 15) is 9.90 Å². The number of aryl methyl sites for hydroxylation is 1. The topological polar surface area (TPSA) is 53.4 Å². The highest BCUT2D eigenvalue weighted by Gasteiger charge is 2.16. The Labute approximate surface area is 126 Å². The molecule has 0 saturated heterocycles. The van der Waals surface area contributed by atoms with Gasteiger partial charge in [0.05, 0.1) is 0 Å². The summed E-state index contributed by atoms with van der Waals surface area (Å²) in [7, 11) is 1.81. The van der Waals surface area contributed by atoms with E-state index in [1.807, 2.05) is 31.3 Å². The molecule has 0 radical (unpaired) electrons. The summed E-state index contributed by atoms with van der Waals surface area (Å²) in [5, 5.41) is 9.28. The molecule has 4 nitrogen and oxygen atoms in total. The summed E-state index contributed by atoms with van der Waals surface area (Å²) in [6, 6.07) is 9.56. The van der Waals surface area contributed by atoms with Crippen LogP contribution in [0.25, 0.3) is 0 Å². The van der Waals surface area contributed by atoms with Gasteiger partial charge in [-0.3, -0.25) is 0 Å². The molecule has 2 aromatic rings. The minimum atomic E-state index is -0.995. The molecular formula is C15H15BrN2O2. The van der Waals surface area contributed by atoms with Crippen LogP contribution in [0.5, 0.6) is 0 Å². The van der Waals surface area contributed by atoms with Crippen LogP contribution in [0.2, 0.25) is 0 Å². The third-order valence-electron chi connectivity index (χ3n) is 3.11. The van der Waals surface area contributed by atoms with Crippen molar-refractivity contribution < 1.29 is 9.90 Å². The van der Waals surface area contributed by atoms with Crippen LogP contribution in [0.15, 0.2) is 41.0 Å². The number of anilines is 2. The Balaban J connectivity index is 2.41. The maximum Gasteiger partial charge on any atom is 0.339 e. The van der Waals surface area contributed by atoms with E-state index in [0.717, 1.165) is 12.1 Å². The van der Waals surface area contributed by atoms with Gasteiger partial charge in [0.25, 0.3) is 0 Å². The largest absolute Gasteiger partial charge is 0.478 e. The molecule has 1 aromatic heterocycles. The summed E-state index contributed by atoms with van der Waals surface area (Å²) < 4.78 is 0.647. The molecule has 0 aliphatic rings. The van der Waals surface area contributed by atoms with Crippen LogP contribution in [0.4, 0.5) is 11.5 Å². The molecule has 1 N–H and O–H groups in total. The number of nitrogens with zero attached hydrogens (tertiary/aromatic N) is 2. The van der Waals surface area contributed by atoms with E-state index >= 15 is 0 Å². The number of hydrogen-bond donors (Lipinski definition) is 1. The van der Waals surface area contributed by atoms with Crippen molar-refractivity contribution in [2.75, 3.05) is 11.9 Å². The number of carboxylic acids is 1. The van der Waals surface area contributed by atoms with Gasteiger partial charge in [-0.2, -0.15) is 0 Å². The molecule has 0 atom stereocenters. The van der Waals surface area contributed by atoms with Crippen LogP contribution in [-0.4, -0.2) is 23.1 Å². The van der Waals surface area contributed by atoms with Crippen LogP contribution >= 0.6 is 15.9 Å². The van der Waals surface area contributed by atoms with Crippen molar-refractivity contribution in [3.05, 3.63) is 52.1 Å². The molecular weight excluding hydrogens is 320 g/mol. The molecule has 5 heteroatoms. The van der Waals surface area contributed by atoms with Gasteiger partial charge < -0.3 is 10.0 Å². The van der Waals surface area contributed by atoms with Crippen molar-refractivity contribution in [3.8, 4) is 0 Å².